The summed E-state index contributed by atoms with van der Waals surface area (Å²) in [5.74, 6) is 0. The Morgan fingerprint density at radius 2 is 1.87 bits per heavy atom. The summed E-state index contributed by atoms with van der Waals surface area (Å²) in [4.78, 5) is 0. The van der Waals surface area contributed by atoms with Gasteiger partial charge in [0.1, 0.15) is 0 Å². The molecule has 23 heavy (non-hydrogen) atoms. The highest BCUT2D eigenvalue weighted by atomic mass is 31.2. The fraction of sp³-hybridized carbons (Fsp3) is 1.00. The van der Waals surface area contributed by atoms with Gasteiger partial charge in [0.2, 0.25) is 7.37 Å². The van der Waals surface area contributed by atoms with Gasteiger partial charge in [-0.05, 0) is 39.5 Å². The lowest BCUT2D eigenvalue weighted by molar-refractivity contribution is -0.184. The molecule has 0 saturated carbocycles. The van der Waals surface area contributed by atoms with E-state index in [-0.39, 0.29) is 19.5 Å². The van der Waals surface area contributed by atoms with Crippen LogP contribution in [0.4, 0.5) is 0 Å². The molecule has 2 saturated heterocycles. The van der Waals surface area contributed by atoms with Crippen LogP contribution in [-0.4, -0.2) is 50.9 Å². The first-order chi connectivity index (χ1) is 11.0. The van der Waals surface area contributed by atoms with Crippen molar-refractivity contribution in [2.24, 2.45) is 0 Å². The van der Waals surface area contributed by atoms with Gasteiger partial charge in [0, 0.05) is 19.9 Å². The van der Waals surface area contributed by atoms with Crippen molar-refractivity contribution < 1.29 is 32.2 Å². The molecule has 2 fully saturated rings. The molecule has 9 heteroatoms. The molecule has 7 nitrogen and oxygen atoms in total. The molecule has 4 unspecified atom stereocenters. The summed E-state index contributed by atoms with van der Waals surface area (Å²) in [5.41, 5.74) is 0. The van der Waals surface area contributed by atoms with Crippen molar-refractivity contribution in [1.29, 1.82) is 0 Å². The minimum Gasteiger partial charge on any atom is -0.353 e. The van der Waals surface area contributed by atoms with E-state index in [0.717, 1.165) is 19.3 Å². The zero-order chi connectivity index (χ0) is 16.9. The molecule has 2 aliphatic heterocycles. The third-order valence-corrected chi connectivity index (χ3v) is 10.9. The summed E-state index contributed by atoms with van der Waals surface area (Å²) in [7, 11) is -5.37. The number of hydrogen-bond acceptors (Lipinski definition) is 7. The van der Waals surface area contributed by atoms with Crippen molar-refractivity contribution >= 4 is 15.0 Å². The van der Waals surface area contributed by atoms with Crippen LogP contribution in [0.2, 0.25) is 0 Å². The second kappa shape index (κ2) is 8.57. The monoisotopic (exact) mass is 370 g/mol. The lowest BCUT2D eigenvalue weighted by Crippen LogP contribution is -2.33. The van der Waals surface area contributed by atoms with Gasteiger partial charge in [0.15, 0.2) is 11.7 Å². The summed E-state index contributed by atoms with van der Waals surface area (Å²) in [6.45, 7) is 4.55. The third-order valence-electron chi connectivity index (χ3n) is 4.18. The van der Waals surface area contributed by atoms with Gasteiger partial charge in [-0.25, -0.2) is 0 Å². The van der Waals surface area contributed by atoms with E-state index < -0.39 is 26.5 Å². The van der Waals surface area contributed by atoms with Gasteiger partial charge in [0.05, 0.1) is 19.3 Å². The molecule has 2 rings (SSSR count). The summed E-state index contributed by atoms with van der Waals surface area (Å²) in [6, 6.07) is 0. The summed E-state index contributed by atoms with van der Waals surface area (Å²) >= 11 is 0. The first-order valence-corrected chi connectivity index (χ1v) is 11.8. The molecule has 0 aromatic rings. The fourth-order valence-electron chi connectivity index (χ4n) is 3.16. The van der Waals surface area contributed by atoms with Gasteiger partial charge in [0.25, 0.3) is 0 Å². The maximum absolute atomic E-state index is 13.2. The maximum Gasteiger partial charge on any atom is 0.345 e. The number of rotatable bonds is 8. The van der Waals surface area contributed by atoms with Crippen LogP contribution >= 0.6 is 15.0 Å². The van der Waals surface area contributed by atoms with E-state index in [2.05, 4.69) is 0 Å². The molecule has 0 spiro atoms. The van der Waals surface area contributed by atoms with E-state index in [0.29, 0.717) is 19.2 Å². The minimum atomic E-state index is -3.60. The van der Waals surface area contributed by atoms with Crippen LogP contribution in [0.25, 0.3) is 0 Å². The average Bonchev–Trinajstić information content (AvgIpc) is 2.87. The Bertz CT molecular complexity index is 454. The highest BCUT2D eigenvalue weighted by Crippen LogP contribution is 2.74. The van der Waals surface area contributed by atoms with Crippen molar-refractivity contribution in [2.75, 3.05) is 33.1 Å². The molecule has 2 aliphatic rings. The second-order valence-electron chi connectivity index (χ2n) is 5.68. The smallest absolute Gasteiger partial charge is 0.345 e. The molecule has 0 bridgehead atoms. The van der Waals surface area contributed by atoms with Crippen LogP contribution in [0.5, 0.6) is 0 Å². The molecule has 0 aromatic carbocycles. The number of hydrogen-bond donors (Lipinski definition) is 0. The second-order valence-corrected chi connectivity index (χ2v) is 11.1. The van der Waals surface area contributed by atoms with Crippen molar-refractivity contribution in [1.82, 2.24) is 0 Å². The molecule has 136 valence electrons. The topological polar surface area (TPSA) is 80.3 Å². The Labute approximate surface area is 138 Å². The van der Waals surface area contributed by atoms with Crippen LogP contribution in [-0.2, 0) is 32.2 Å². The Hall–Kier alpha value is 0.260. The van der Waals surface area contributed by atoms with Gasteiger partial charge in [-0.1, -0.05) is 0 Å². The van der Waals surface area contributed by atoms with E-state index in [1.54, 1.807) is 13.8 Å². The first-order valence-electron chi connectivity index (χ1n) is 8.29. The average molecular weight is 370 g/mol. The van der Waals surface area contributed by atoms with Gasteiger partial charge >= 0.3 is 7.60 Å². The molecular weight excluding hydrogens is 342 g/mol. The minimum absolute atomic E-state index is 0.212. The predicted molar refractivity (Wildman–Crippen MR) is 87.2 cm³/mol. The van der Waals surface area contributed by atoms with Crippen molar-refractivity contribution in [3.8, 4) is 0 Å². The molecular formula is C14H28O7P2. The van der Waals surface area contributed by atoms with Gasteiger partial charge in [-0.3, -0.25) is 9.13 Å². The highest BCUT2D eigenvalue weighted by molar-refractivity contribution is 7.75. The Morgan fingerprint density at radius 3 is 2.39 bits per heavy atom. The van der Waals surface area contributed by atoms with E-state index in [1.807, 2.05) is 0 Å². The van der Waals surface area contributed by atoms with Crippen LogP contribution < -0.4 is 0 Å². The fourth-order valence-corrected chi connectivity index (χ4v) is 9.64. The predicted octanol–water partition coefficient (Wildman–Crippen LogP) is 3.82. The highest BCUT2D eigenvalue weighted by Gasteiger charge is 2.58. The Kier molecular flexibility index (Phi) is 7.30. The Balaban J connectivity index is 2.22. The maximum atomic E-state index is 13.2. The third kappa shape index (κ3) is 4.46. The standard InChI is InChI=1S/C14H28O7P2/c1-4-19-23(16,20-5-2)14-12(9-11-22(14,15)17-3)21-13-8-6-7-10-18-13/h12-14H,4-11H2,1-3H3. The van der Waals surface area contributed by atoms with Crippen molar-refractivity contribution in [2.45, 2.75) is 57.3 Å². The van der Waals surface area contributed by atoms with Crippen molar-refractivity contribution in [3.05, 3.63) is 0 Å². The van der Waals surface area contributed by atoms with E-state index in [4.69, 9.17) is 23.0 Å². The molecule has 2 heterocycles. The zero-order valence-electron chi connectivity index (χ0n) is 14.1. The van der Waals surface area contributed by atoms with Crippen LogP contribution in [0.3, 0.4) is 0 Å². The number of ether oxygens (including phenoxy) is 2. The van der Waals surface area contributed by atoms with Gasteiger partial charge in [-0.15, -0.1) is 0 Å². The van der Waals surface area contributed by atoms with Crippen molar-refractivity contribution in [3.63, 3.8) is 0 Å². The molecule has 4 atom stereocenters. The van der Waals surface area contributed by atoms with Crippen LogP contribution in [0.1, 0.15) is 39.5 Å². The summed E-state index contributed by atoms with van der Waals surface area (Å²) in [5, 5.41) is -0.884. The molecule has 0 amide bonds. The summed E-state index contributed by atoms with van der Waals surface area (Å²) < 4.78 is 54.0. The Morgan fingerprint density at radius 1 is 1.17 bits per heavy atom. The first kappa shape index (κ1) is 19.6. The van der Waals surface area contributed by atoms with Gasteiger partial charge in [-0.2, -0.15) is 0 Å². The SMILES string of the molecule is CCOP(=O)(OCC)C1C(OC2CCCCO2)CCP1(=O)OC. The van der Waals surface area contributed by atoms with Gasteiger partial charge < -0.3 is 23.0 Å². The molecule has 0 aromatic heterocycles. The largest absolute Gasteiger partial charge is 0.353 e. The van der Waals surface area contributed by atoms with E-state index in [9.17, 15) is 9.13 Å². The molecule has 0 N–H and O–H groups in total. The molecule has 0 radical (unpaired) electrons. The van der Waals surface area contributed by atoms with Crippen LogP contribution in [0.15, 0.2) is 0 Å². The lowest BCUT2D eigenvalue weighted by atomic mass is 10.2. The lowest BCUT2D eigenvalue weighted by Gasteiger charge is -2.33. The normalized spacial score (nSPS) is 35.5. The zero-order valence-corrected chi connectivity index (χ0v) is 15.9. The van der Waals surface area contributed by atoms with E-state index in [1.165, 1.54) is 7.11 Å². The quantitative estimate of drug-likeness (QED) is 0.601. The summed E-state index contributed by atoms with van der Waals surface area (Å²) in [6.07, 6.45) is 2.78. The van der Waals surface area contributed by atoms with Crippen LogP contribution in [0, 0.1) is 0 Å². The van der Waals surface area contributed by atoms with E-state index >= 15 is 0 Å². The molecule has 0 aliphatic carbocycles.